The van der Waals surface area contributed by atoms with Crippen molar-refractivity contribution in [1.82, 2.24) is 10.2 Å². The first-order valence-corrected chi connectivity index (χ1v) is 18.0. The highest BCUT2D eigenvalue weighted by Crippen LogP contribution is 2.30. The molecule has 47 heavy (non-hydrogen) atoms. The number of hydrogen-bond acceptors (Lipinski definition) is 6. The molecule has 1 fully saturated rings. The standard InChI is InChI=1S/C37H48N4O5S/c1-37(2,3)32-16-14-28(15-17-32)29-10-7-12-33(24-29)47(45,46)25-31(23-27-9-5-11-30(22-27)35(38)40-44)36(43)41-20-18-26(19-21-41)8-6-13-34(42)39-4/h5,7,9-12,14-17,22,24,26,31,44H,6,8,13,18-21,23,25H2,1-4H3,(H2,38,40)(H,39,42)/t31-/m1/s1. The first kappa shape index (κ1) is 35.7. The van der Waals surface area contributed by atoms with Crippen LogP contribution in [0.5, 0.6) is 0 Å². The third kappa shape index (κ3) is 9.67. The molecule has 0 bridgehead atoms. The van der Waals surface area contributed by atoms with E-state index in [9.17, 15) is 23.2 Å². The van der Waals surface area contributed by atoms with Gasteiger partial charge in [0.15, 0.2) is 15.7 Å². The fraction of sp³-hybridized carbons (Fsp3) is 0.432. The number of carbonyl (C=O) groups is 2. The summed E-state index contributed by atoms with van der Waals surface area (Å²) in [6.45, 7) is 7.54. The summed E-state index contributed by atoms with van der Waals surface area (Å²) < 4.78 is 28.0. The van der Waals surface area contributed by atoms with E-state index in [0.717, 1.165) is 42.4 Å². The molecule has 0 unspecified atom stereocenters. The summed E-state index contributed by atoms with van der Waals surface area (Å²) in [6.07, 6.45) is 4.02. The molecule has 9 nitrogen and oxygen atoms in total. The fourth-order valence-electron chi connectivity index (χ4n) is 6.19. The predicted octanol–water partition coefficient (Wildman–Crippen LogP) is 5.53. The molecule has 0 spiro atoms. The monoisotopic (exact) mass is 660 g/mol. The highest BCUT2D eigenvalue weighted by atomic mass is 32.2. The Morgan fingerprint density at radius 3 is 2.32 bits per heavy atom. The minimum Gasteiger partial charge on any atom is -0.409 e. The summed E-state index contributed by atoms with van der Waals surface area (Å²) in [6, 6.07) is 22.1. The predicted molar refractivity (Wildman–Crippen MR) is 186 cm³/mol. The molecule has 252 valence electrons. The molecule has 1 saturated heterocycles. The molecule has 1 aliphatic rings. The summed E-state index contributed by atoms with van der Waals surface area (Å²) >= 11 is 0. The van der Waals surface area contributed by atoms with Gasteiger partial charge in [0.05, 0.1) is 16.6 Å². The summed E-state index contributed by atoms with van der Waals surface area (Å²) in [5, 5.41) is 14.9. The summed E-state index contributed by atoms with van der Waals surface area (Å²) in [5.41, 5.74) is 9.93. The minimum absolute atomic E-state index is 0.00343. The second-order valence-corrected chi connectivity index (χ2v) is 15.6. The van der Waals surface area contributed by atoms with Gasteiger partial charge in [-0.3, -0.25) is 9.59 Å². The van der Waals surface area contributed by atoms with E-state index in [2.05, 4.69) is 43.4 Å². The number of amidine groups is 1. The molecule has 4 rings (SSSR count). The van der Waals surface area contributed by atoms with Gasteiger partial charge in [0.1, 0.15) is 0 Å². The number of hydrogen-bond donors (Lipinski definition) is 3. The Bertz CT molecular complexity index is 1670. The average Bonchev–Trinajstić information content (AvgIpc) is 3.07. The minimum atomic E-state index is -3.86. The third-order valence-electron chi connectivity index (χ3n) is 9.08. The van der Waals surface area contributed by atoms with Crippen LogP contribution in [0.1, 0.15) is 69.6 Å². The molecule has 10 heteroatoms. The first-order valence-electron chi connectivity index (χ1n) is 16.3. The Balaban J connectivity index is 1.55. The van der Waals surface area contributed by atoms with E-state index in [1.165, 1.54) is 5.56 Å². The summed E-state index contributed by atoms with van der Waals surface area (Å²) in [7, 11) is -2.23. The molecule has 0 aliphatic carbocycles. The van der Waals surface area contributed by atoms with Crippen LogP contribution in [0.2, 0.25) is 0 Å². The van der Waals surface area contributed by atoms with Crippen LogP contribution < -0.4 is 11.1 Å². The van der Waals surface area contributed by atoms with Crippen LogP contribution >= 0.6 is 0 Å². The Hall–Kier alpha value is -4.18. The Morgan fingerprint density at radius 1 is 1.00 bits per heavy atom. The Labute approximate surface area is 279 Å². The van der Waals surface area contributed by atoms with Gasteiger partial charge in [-0.1, -0.05) is 80.5 Å². The quantitative estimate of drug-likeness (QED) is 0.101. The molecule has 3 aromatic rings. The lowest BCUT2D eigenvalue weighted by molar-refractivity contribution is -0.136. The van der Waals surface area contributed by atoms with Crippen molar-refractivity contribution in [3.05, 3.63) is 89.5 Å². The number of amides is 2. The van der Waals surface area contributed by atoms with Crippen molar-refractivity contribution in [2.24, 2.45) is 22.7 Å². The summed E-state index contributed by atoms with van der Waals surface area (Å²) in [4.78, 5) is 27.6. The lowest BCUT2D eigenvalue weighted by Crippen LogP contribution is -2.44. The zero-order valence-electron chi connectivity index (χ0n) is 27.9. The zero-order valence-corrected chi connectivity index (χ0v) is 28.7. The second kappa shape index (κ2) is 15.6. The SMILES string of the molecule is CNC(=O)CCCC1CCN(C(=O)[C@H](Cc2cccc(/C(N)=N\O)c2)CS(=O)(=O)c2cccc(-c3ccc(C(C)(C)C)cc3)c2)CC1. The smallest absolute Gasteiger partial charge is 0.227 e. The molecule has 0 saturated carbocycles. The van der Waals surface area contributed by atoms with Crippen LogP contribution in [-0.4, -0.2) is 62.1 Å². The largest absolute Gasteiger partial charge is 0.409 e. The number of benzene rings is 3. The molecular formula is C37H48N4O5S. The highest BCUT2D eigenvalue weighted by Gasteiger charge is 2.33. The number of oxime groups is 1. The van der Waals surface area contributed by atoms with Gasteiger partial charge in [0.25, 0.3) is 0 Å². The molecule has 1 heterocycles. The van der Waals surface area contributed by atoms with Gasteiger partial charge in [-0.15, -0.1) is 0 Å². The molecular weight excluding hydrogens is 612 g/mol. The lowest BCUT2D eigenvalue weighted by Gasteiger charge is -2.34. The van der Waals surface area contributed by atoms with Gasteiger partial charge in [0, 0.05) is 32.1 Å². The van der Waals surface area contributed by atoms with Crippen LogP contribution in [0.25, 0.3) is 11.1 Å². The Morgan fingerprint density at radius 2 is 1.68 bits per heavy atom. The fourth-order valence-corrected chi connectivity index (χ4v) is 7.76. The van der Waals surface area contributed by atoms with Gasteiger partial charge >= 0.3 is 0 Å². The topological polar surface area (TPSA) is 142 Å². The van der Waals surface area contributed by atoms with Gasteiger partial charge in [-0.25, -0.2) is 8.42 Å². The molecule has 0 aromatic heterocycles. The van der Waals surface area contributed by atoms with Crippen molar-refractivity contribution >= 4 is 27.5 Å². The van der Waals surface area contributed by atoms with Crippen molar-refractivity contribution in [2.75, 3.05) is 25.9 Å². The molecule has 1 aliphatic heterocycles. The van der Waals surface area contributed by atoms with E-state index < -0.39 is 15.8 Å². The van der Waals surface area contributed by atoms with E-state index in [1.54, 1.807) is 48.3 Å². The number of nitrogens with two attached hydrogens (primary N) is 1. The maximum Gasteiger partial charge on any atom is 0.227 e. The van der Waals surface area contributed by atoms with Crippen molar-refractivity contribution in [1.29, 1.82) is 0 Å². The number of nitrogens with one attached hydrogen (secondary N) is 1. The van der Waals surface area contributed by atoms with Crippen molar-refractivity contribution in [3.63, 3.8) is 0 Å². The zero-order chi connectivity index (χ0) is 34.2. The maximum atomic E-state index is 14.1. The second-order valence-electron chi connectivity index (χ2n) is 13.6. The van der Waals surface area contributed by atoms with Crippen LogP contribution in [0.15, 0.2) is 82.8 Å². The van der Waals surface area contributed by atoms with E-state index in [0.29, 0.717) is 31.0 Å². The van der Waals surface area contributed by atoms with Gasteiger partial charge in [0.2, 0.25) is 11.8 Å². The summed E-state index contributed by atoms with van der Waals surface area (Å²) in [5.74, 6) is -0.987. The molecule has 4 N–H and O–H groups in total. The Kier molecular flexibility index (Phi) is 11.8. The number of sulfone groups is 1. The van der Waals surface area contributed by atoms with Crippen LogP contribution in [-0.2, 0) is 31.3 Å². The number of nitrogens with zero attached hydrogens (tertiary/aromatic N) is 2. The van der Waals surface area contributed by atoms with Crippen molar-refractivity contribution in [2.45, 2.75) is 69.6 Å². The van der Waals surface area contributed by atoms with Crippen molar-refractivity contribution < 1.29 is 23.2 Å². The maximum absolute atomic E-state index is 14.1. The number of piperidine rings is 1. The van der Waals surface area contributed by atoms with E-state index in [1.807, 2.05) is 24.3 Å². The number of likely N-dealkylation sites (tertiary alicyclic amines) is 1. The molecule has 2 amide bonds. The normalized spacial score (nSPS) is 15.3. The number of carbonyl (C=O) groups excluding carboxylic acids is 2. The van der Waals surface area contributed by atoms with E-state index >= 15 is 0 Å². The first-order chi connectivity index (χ1) is 22.3. The average molecular weight is 661 g/mol. The highest BCUT2D eigenvalue weighted by molar-refractivity contribution is 7.91. The van der Waals surface area contributed by atoms with Gasteiger partial charge in [-0.2, -0.15) is 0 Å². The molecule has 3 aromatic carbocycles. The van der Waals surface area contributed by atoms with Gasteiger partial charge < -0.3 is 21.2 Å². The van der Waals surface area contributed by atoms with Crippen LogP contribution in [0.3, 0.4) is 0 Å². The lowest BCUT2D eigenvalue weighted by atomic mass is 9.86. The molecule has 0 radical (unpaired) electrons. The molecule has 1 atom stereocenters. The third-order valence-corrected chi connectivity index (χ3v) is 10.9. The van der Waals surface area contributed by atoms with Crippen LogP contribution in [0.4, 0.5) is 0 Å². The van der Waals surface area contributed by atoms with Crippen LogP contribution in [0, 0.1) is 11.8 Å². The van der Waals surface area contributed by atoms with E-state index in [-0.39, 0.29) is 40.1 Å². The number of rotatable bonds is 12. The van der Waals surface area contributed by atoms with Crippen molar-refractivity contribution in [3.8, 4) is 11.1 Å². The van der Waals surface area contributed by atoms with Gasteiger partial charge in [-0.05, 0) is 83.9 Å². The van der Waals surface area contributed by atoms with E-state index in [4.69, 9.17) is 5.73 Å².